The Labute approximate surface area is 93.8 Å². The lowest BCUT2D eigenvalue weighted by molar-refractivity contribution is 0.285. The summed E-state index contributed by atoms with van der Waals surface area (Å²) in [5, 5.41) is 9.38. The number of aliphatic hydroxyl groups is 1. The van der Waals surface area contributed by atoms with Gasteiger partial charge in [0.05, 0.1) is 5.69 Å². The number of nitrogens with two attached hydrogens (primary N) is 1. The Balaban J connectivity index is 0.00000169. The van der Waals surface area contributed by atoms with E-state index in [9.17, 15) is 0 Å². The fraction of sp³-hybridized carbons (Fsp3) is 0.222. The van der Waals surface area contributed by atoms with Crippen LogP contribution >= 0.6 is 24.2 Å². The topological polar surface area (TPSA) is 58.6 Å². The Morgan fingerprint density at radius 3 is 2.50 bits per heavy atom. The van der Waals surface area contributed by atoms with Crippen molar-refractivity contribution >= 4 is 35.0 Å². The van der Waals surface area contributed by atoms with Gasteiger partial charge in [0.1, 0.15) is 5.44 Å². The number of aliphatic imine (C=N–C) groups is 1. The largest absolute Gasteiger partial charge is 0.382 e. The third-order valence-corrected chi connectivity index (χ3v) is 1.96. The first-order valence-electron chi connectivity index (χ1n) is 3.92. The quantitative estimate of drug-likeness (QED) is 0.467. The smallest absolute Gasteiger partial charge is 0.161 e. The van der Waals surface area contributed by atoms with E-state index >= 15 is 0 Å². The molecular weight excluding hydrogens is 220 g/mol. The minimum Gasteiger partial charge on any atom is -0.382 e. The van der Waals surface area contributed by atoms with Crippen LogP contribution in [-0.2, 0) is 0 Å². The van der Waals surface area contributed by atoms with Gasteiger partial charge < -0.3 is 10.8 Å². The van der Waals surface area contributed by atoms with Crippen molar-refractivity contribution in [3.05, 3.63) is 30.3 Å². The lowest BCUT2D eigenvalue weighted by Crippen LogP contribution is -2.10. The van der Waals surface area contributed by atoms with Crippen LogP contribution in [0.5, 0.6) is 0 Å². The van der Waals surface area contributed by atoms with Crippen molar-refractivity contribution < 1.29 is 5.11 Å². The minimum absolute atomic E-state index is 0. The molecule has 1 rings (SSSR count). The van der Waals surface area contributed by atoms with Crippen LogP contribution in [0.25, 0.3) is 0 Å². The lowest BCUT2D eigenvalue weighted by atomic mass is 10.3. The summed E-state index contributed by atoms with van der Waals surface area (Å²) in [5.74, 6) is 0. The summed E-state index contributed by atoms with van der Waals surface area (Å²) >= 11 is 1.13. The highest BCUT2D eigenvalue weighted by Crippen LogP contribution is 2.14. The second-order valence-electron chi connectivity index (χ2n) is 2.50. The number of thioether (sulfide) groups is 1. The molecule has 0 aromatic heterocycles. The first-order chi connectivity index (χ1) is 6.18. The molecule has 1 atom stereocenters. The molecule has 0 spiro atoms. The number of halogens is 1. The Kier molecular flexibility index (Phi) is 6.36. The summed E-state index contributed by atoms with van der Waals surface area (Å²) in [7, 11) is 0. The molecule has 0 aliphatic rings. The molecule has 3 nitrogen and oxygen atoms in total. The zero-order valence-electron chi connectivity index (χ0n) is 7.75. The van der Waals surface area contributed by atoms with E-state index in [1.165, 1.54) is 0 Å². The van der Waals surface area contributed by atoms with Crippen molar-refractivity contribution in [2.75, 3.05) is 0 Å². The monoisotopic (exact) mass is 232 g/mol. The Morgan fingerprint density at radius 1 is 1.43 bits per heavy atom. The number of para-hydroxylation sites is 1. The molecular formula is C9H13ClN2OS. The normalized spacial score (nSPS) is 13.1. The number of hydrogen-bond donors (Lipinski definition) is 2. The summed E-state index contributed by atoms with van der Waals surface area (Å²) in [4.78, 5) is 4.10. The molecule has 0 aliphatic carbocycles. The summed E-state index contributed by atoms with van der Waals surface area (Å²) in [6.07, 6.45) is 0. The molecule has 0 aliphatic heterocycles. The molecule has 1 aromatic rings. The van der Waals surface area contributed by atoms with E-state index < -0.39 is 5.44 Å². The van der Waals surface area contributed by atoms with Crippen molar-refractivity contribution in [3.63, 3.8) is 0 Å². The minimum atomic E-state index is -0.521. The second kappa shape index (κ2) is 6.70. The molecule has 1 aromatic carbocycles. The van der Waals surface area contributed by atoms with E-state index in [2.05, 4.69) is 4.99 Å². The van der Waals surface area contributed by atoms with E-state index in [-0.39, 0.29) is 12.4 Å². The fourth-order valence-corrected chi connectivity index (χ4v) is 1.34. The second-order valence-corrected chi connectivity index (χ2v) is 3.84. The summed E-state index contributed by atoms with van der Waals surface area (Å²) < 4.78 is 0. The molecule has 3 N–H and O–H groups in total. The van der Waals surface area contributed by atoms with Crippen LogP contribution < -0.4 is 5.73 Å². The number of nitrogens with zero attached hydrogens (tertiary/aromatic N) is 1. The van der Waals surface area contributed by atoms with Gasteiger partial charge in [-0.2, -0.15) is 0 Å². The highest BCUT2D eigenvalue weighted by atomic mass is 35.5. The molecule has 0 saturated heterocycles. The Hall–Kier alpha value is -0.710. The van der Waals surface area contributed by atoms with Gasteiger partial charge in [-0.05, 0) is 19.1 Å². The molecule has 0 heterocycles. The van der Waals surface area contributed by atoms with Crippen molar-refractivity contribution in [3.8, 4) is 0 Å². The van der Waals surface area contributed by atoms with E-state index in [4.69, 9.17) is 10.8 Å². The zero-order valence-corrected chi connectivity index (χ0v) is 9.39. The average molecular weight is 233 g/mol. The molecule has 0 fully saturated rings. The van der Waals surface area contributed by atoms with Crippen molar-refractivity contribution in [2.45, 2.75) is 12.4 Å². The summed E-state index contributed by atoms with van der Waals surface area (Å²) in [5.41, 5.74) is 5.84. The van der Waals surface area contributed by atoms with Crippen LogP contribution in [0.2, 0.25) is 0 Å². The molecule has 0 saturated carbocycles. The maximum Gasteiger partial charge on any atom is 0.161 e. The van der Waals surface area contributed by atoms with Crippen LogP contribution in [0.3, 0.4) is 0 Å². The van der Waals surface area contributed by atoms with Gasteiger partial charge in [-0.25, -0.2) is 4.99 Å². The van der Waals surface area contributed by atoms with Crippen molar-refractivity contribution in [1.29, 1.82) is 0 Å². The first kappa shape index (κ1) is 13.3. The van der Waals surface area contributed by atoms with Gasteiger partial charge in [-0.3, -0.25) is 0 Å². The molecule has 5 heteroatoms. The van der Waals surface area contributed by atoms with Gasteiger partial charge in [0.25, 0.3) is 0 Å². The Morgan fingerprint density at radius 2 is 2.00 bits per heavy atom. The maximum atomic E-state index is 9.00. The maximum absolute atomic E-state index is 9.00. The van der Waals surface area contributed by atoms with Crippen LogP contribution in [0.1, 0.15) is 6.92 Å². The highest BCUT2D eigenvalue weighted by molar-refractivity contribution is 8.14. The molecule has 0 bridgehead atoms. The van der Waals surface area contributed by atoms with Crippen molar-refractivity contribution in [1.82, 2.24) is 0 Å². The van der Waals surface area contributed by atoms with Gasteiger partial charge in [-0.1, -0.05) is 30.0 Å². The third kappa shape index (κ3) is 5.11. The molecule has 0 amide bonds. The number of benzene rings is 1. The predicted octanol–water partition coefficient (Wildman–Crippen LogP) is 2.13. The standard InChI is InChI=1S/C9H12N2OS.ClH/c1-7(12)13-9(10)11-8-5-3-2-4-6-8;/h2-7,12H,1H3,(H2,10,11);1H. The molecule has 14 heavy (non-hydrogen) atoms. The van der Waals surface area contributed by atoms with Gasteiger partial charge >= 0.3 is 0 Å². The van der Waals surface area contributed by atoms with E-state index in [0.717, 1.165) is 17.4 Å². The van der Waals surface area contributed by atoms with E-state index in [0.29, 0.717) is 5.17 Å². The molecule has 0 radical (unpaired) electrons. The SMILES string of the molecule is CC(O)SC(N)=Nc1ccccc1.Cl. The van der Waals surface area contributed by atoms with Gasteiger partial charge in [0, 0.05) is 0 Å². The molecule has 1 unspecified atom stereocenters. The average Bonchev–Trinajstić information content (AvgIpc) is 2.04. The van der Waals surface area contributed by atoms with Gasteiger partial charge in [0.2, 0.25) is 0 Å². The van der Waals surface area contributed by atoms with Crippen LogP contribution in [0.15, 0.2) is 35.3 Å². The number of aliphatic hydroxyl groups excluding tert-OH is 1. The van der Waals surface area contributed by atoms with Gasteiger partial charge in [-0.15, -0.1) is 12.4 Å². The summed E-state index contributed by atoms with van der Waals surface area (Å²) in [6, 6.07) is 9.40. The number of rotatable bonds is 2. The third-order valence-electron chi connectivity index (χ3n) is 1.29. The predicted molar refractivity (Wildman–Crippen MR) is 64.2 cm³/mol. The fourth-order valence-electron chi connectivity index (χ4n) is 0.831. The van der Waals surface area contributed by atoms with E-state index in [1.807, 2.05) is 30.3 Å². The number of hydrogen-bond acceptors (Lipinski definition) is 3. The van der Waals surface area contributed by atoms with Crippen LogP contribution in [0.4, 0.5) is 5.69 Å². The number of amidine groups is 1. The molecule has 78 valence electrons. The van der Waals surface area contributed by atoms with Gasteiger partial charge in [0.15, 0.2) is 5.17 Å². The Bertz CT molecular complexity index is 290. The van der Waals surface area contributed by atoms with Crippen LogP contribution in [0, 0.1) is 0 Å². The van der Waals surface area contributed by atoms with E-state index in [1.54, 1.807) is 6.92 Å². The summed E-state index contributed by atoms with van der Waals surface area (Å²) in [6.45, 7) is 1.65. The van der Waals surface area contributed by atoms with Crippen LogP contribution in [-0.4, -0.2) is 15.7 Å². The zero-order chi connectivity index (χ0) is 9.68. The first-order valence-corrected chi connectivity index (χ1v) is 4.80. The lowest BCUT2D eigenvalue weighted by Gasteiger charge is -2.02. The van der Waals surface area contributed by atoms with Crippen molar-refractivity contribution in [2.24, 2.45) is 10.7 Å². The highest BCUT2D eigenvalue weighted by Gasteiger charge is 1.99.